The lowest BCUT2D eigenvalue weighted by molar-refractivity contribution is 0.109. The fourth-order valence-corrected chi connectivity index (χ4v) is 1.88. The molecule has 2 rings (SSSR count). The van der Waals surface area contributed by atoms with Gasteiger partial charge in [-0.05, 0) is 36.1 Å². The molecule has 1 aliphatic heterocycles. The minimum absolute atomic E-state index is 0.204. The molecule has 1 fully saturated rings. The summed E-state index contributed by atoms with van der Waals surface area (Å²) in [5.41, 5.74) is 0. The number of H-pyrrole nitrogens is 1. The normalized spacial score (nSPS) is 21.1. The lowest BCUT2D eigenvalue weighted by Crippen LogP contribution is -2.37. The Kier molecular flexibility index (Phi) is 2.62. The van der Waals surface area contributed by atoms with Crippen LogP contribution in [0.2, 0.25) is 0 Å². The molecule has 2 heterocycles. The third kappa shape index (κ3) is 1.84. The van der Waals surface area contributed by atoms with Gasteiger partial charge in [0.05, 0.1) is 6.10 Å². The number of aliphatic hydroxyl groups excluding tert-OH is 1. The van der Waals surface area contributed by atoms with Crippen LogP contribution in [0.5, 0.6) is 0 Å². The van der Waals surface area contributed by atoms with E-state index in [-0.39, 0.29) is 6.10 Å². The van der Waals surface area contributed by atoms with Crippen molar-refractivity contribution >= 4 is 5.95 Å². The van der Waals surface area contributed by atoms with Gasteiger partial charge in [0.1, 0.15) is 0 Å². The summed E-state index contributed by atoms with van der Waals surface area (Å²) >= 11 is 0. The quantitative estimate of drug-likeness (QED) is 0.686. The van der Waals surface area contributed by atoms with Crippen molar-refractivity contribution in [3.05, 3.63) is 0 Å². The van der Waals surface area contributed by atoms with E-state index < -0.39 is 0 Å². The second kappa shape index (κ2) is 3.91. The second-order valence-corrected chi connectivity index (χ2v) is 3.79. The van der Waals surface area contributed by atoms with Crippen molar-refractivity contribution in [3.63, 3.8) is 0 Å². The number of tetrazole rings is 1. The number of aromatic nitrogens is 4. The zero-order chi connectivity index (χ0) is 9.97. The first-order valence-corrected chi connectivity index (χ1v) is 4.94. The van der Waals surface area contributed by atoms with Crippen molar-refractivity contribution in [3.8, 4) is 0 Å². The Morgan fingerprint density at radius 1 is 1.50 bits per heavy atom. The molecule has 0 spiro atoms. The van der Waals surface area contributed by atoms with Crippen LogP contribution in [0, 0.1) is 5.92 Å². The Balaban J connectivity index is 1.90. The van der Waals surface area contributed by atoms with Crippen LogP contribution in [0.3, 0.4) is 0 Å². The van der Waals surface area contributed by atoms with E-state index in [0.29, 0.717) is 5.92 Å². The maximum Gasteiger partial charge on any atom is 0.242 e. The van der Waals surface area contributed by atoms with E-state index >= 15 is 0 Å². The number of nitrogens with one attached hydrogen (secondary N) is 1. The minimum Gasteiger partial charge on any atom is -0.393 e. The average molecular weight is 197 g/mol. The van der Waals surface area contributed by atoms with Crippen molar-refractivity contribution in [2.45, 2.75) is 25.9 Å². The lowest BCUT2D eigenvalue weighted by atomic mass is 9.92. The van der Waals surface area contributed by atoms with Crippen LogP contribution in [0.1, 0.15) is 19.8 Å². The molecule has 1 aliphatic rings. The van der Waals surface area contributed by atoms with Crippen LogP contribution in [0.4, 0.5) is 5.95 Å². The molecule has 0 aliphatic carbocycles. The molecular weight excluding hydrogens is 182 g/mol. The van der Waals surface area contributed by atoms with E-state index in [2.05, 4.69) is 25.5 Å². The van der Waals surface area contributed by atoms with Crippen LogP contribution in [0.25, 0.3) is 0 Å². The molecule has 1 atom stereocenters. The molecule has 2 N–H and O–H groups in total. The van der Waals surface area contributed by atoms with E-state index in [4.69, 9.17) is 0 Å². The first-order valence-electron chi connectivity index (χ1n) is 4.94. The number of hydrogen-bond donors (Lipinski definition) is 2. The summed E-state index contributed by atoms with van der Waals surface area (Å²) in [5, 5.41) is 23.1. The van der Waals surface area contributed by atoms with Crippen LogP contribution < -0.4 is 4.90 Å². The number of hydrogen-bond acceptors (Lipinski definition) is 5. The molecule has 6 heteroatoms. The summed E-state index contributed by atoms with van der Waals surface area (Å²) in [7, 11) is 0. The molecule has 0 aromatic carbocycles. The summed E-state index contributed by atoms with van der Waals surface area (Å²) in [5.74, 6) is 1.15. The highest BCUT2D eigenvalue weighted by Gasteiger charge is 2.23. The molecule has 1 saturated heterocycles. The molecule has 0 bridgehead atoms. The third-order valence-electron chi connectivity index (χ3n) is 2.86. The van der Waals surface area contributed by atoms with Gasteiger partial charge in [0.2, 0.25) is 5.95 Å². The van der Waals surface area contributed by atoms with E-state index in [1.165, 1.54) is 0 Å². The molecule has 1 aromatic heterocycles. The van der Waals surface area contributed by atoms with E-state index in [1.54, 1.807) is 0 Å². The zero-order valence-electron chi connectivity index (χ0n) is 8.22. The Morgan fingerprint density at radius 2 is 2.21 bits per heavy atom. The van der Waals surface area contributed by atoms with Gasteiger partial charge in [-0.2, -0.15) is 0 Å². The average Bonchev–Trinajstić information content (AvgIpc) is 2.71. The fourth-order valence-electron chi connectivity index (χ4n) is 1.88. The Morgan fingerprint density at radius 3 is 2.71 bits per heavy atom. The highest BCUT2D eigenvalue weighted by Crippen LogP contribution is 2.22. The third-order valence-corrected chi connectivity index (χ3v) is 2.86. The smallest absolute Gasteiger partial charge is 0.242 e. The van der Waals surface area contributed by atoms with Crippen LogP contribution in [0.15, 0.2) is 0 Å². The molecular formula is C8H15N5O. The number of aliphatic hydroxyl groups is 1. The van der Waals surface area contributed by atoms with Crippen molar-refractivity contribution in [2.75, 3.05) is 18.0 Å². The van der Waals surface area contributed by atoms with Crippen LogP contribution >= 0.6 is 0 Å². The standard InChI is InChI=1S/C8H15N5O/c1-6(14)7-2-4-13(5-3-7)8-9-11-12-10-8/h6-7,14H,2-5H2,1H3,(H,9,10,11,12)/t6-/m1/s1. The van der Waals surface area contributed by atoms with Gasteiger partial charge in [-0.1, -0.05) is 5.10 Å². The number of piperidine rings is 1. The van der Waals surface area contributed by atoms with Gasteiger partial charge < -0.3 is 10.0 Å². The molecule has 0 saturated carbocycles. The summed E-state index contributed by atoms with van der Waals surface area (Å²) in [6.45, 7) is 3.68. The van der Waals surface area contributed by atoms with Crippen LogP contribution in [-0.2, 0) is 0 Å². The van der Waals surface area contributed by atoms with Crippen molar-refractivity contribution in [1.82, 2.24) is 20.6 Å². The number of aromatic amines is 1. The highest BCUT2D eigenvalue weighted by atomic mass is 16.3. The summed E-state index contributed by atoms with van der Waals surface area (Å²) in [6.07, 6.45) is 1.79. The van der Waals surface area contributed by atoms with Gasteiger partial charge in [0.25, 0.3) is 0 Å². The van der Waals surface area contributed by atoms with Gasteiger partial charge in [0.15, 0.2) is 0 Å². The summed E-state index contributed by atoms with van der Waals surface area (Å²) in [6, 6.07) is 0. The Hall–Kier alpha value is -1.17. The first-order chi connectivity index (χ1) is 6.77. The fraction of sp³-hybridized carbons (Fsp3) is 0.875. The number of rotatable bonds is 2. The molecule has 78 valence electrons. The zero-order valence-corrected chi connectivity index (χ0v) is 8.22. The molecule has 6 nitrogen and oxygen atoms in total. The van der Waals surface area contributed by atoms with Crippen molar-refractivity contribution < 1.29 is 5.11 Å². The SMILES string of the molecule is C[C@@H](O)C1CCN(c2nnn[nH]2)CC1. The molecule has 0 unspecified atom stereocenters. The largest absolute Gasteiger partial charge is 0.393 e. The van der Waals surface area contributed by atoms with Gasteiger partial charge in [-0.3, -0.25) is 0 Å². The van der Waals surface area contributed by atoms with Crippen molar-refractivity contribution in [2.24, 2.45) is 5.92 Å². The van der Waals surface area contributed by atoms with Crippen LogP contribution in [-0.4, -0.2) is 44.9 Å². The number of nitrogens with zero attached hydrogens (tertiary/aromatic N) is 4. The van der Waals surface area contributed by atoms with E-state index in [9.17, 15) is 5.11 Å². The van der Waals surface area contributed by atoms with Gasteiger partial charge in [-0.15, -0.1) is 0 Å². The predicted molar refractivity (Wildman–Crippen MR) is 50.8 cm³/mol. The Labute approximate surface area is 82.3 Å². The van der Waals surface area contributed by atoms with Gasteiger partial charge in [-0.25, -0.2) is 5.10 Å². The lowest BCUT2D eigenvalue weighted by Gasteiger charge is -2.32. The molecule has 1 aromatic rings. The second-order valence-electron chi connectivity index (χ2n) is 3.79. The molecule has 14 heavy (non-hydrogen) atoms. The van der Waals surface area contributed by atoms with Crippen molar-refractivity contribution in [1.29, 1.82) is 0 Å². The minimum atomic E-state index is -0.204. The first kappa shape index (κ1) is 9.39. The number of anilines is 1. The summed E-state index contributed by atoms with van der Waals surface area (Å²) in [4.78, 5) is 2.11. The summed E-state index contributed by atoms with van der Waals surface area (Å²) < 4.78 is 0. The Bertz CT molecular complexity index is 265. The maximum atomic E-state index is 9.43. The monoisotopic (exact) mass is 197 g/mol. The maximum absolute atomic E-state index is 9.43. The highest BCUT2D eigenvalue weighted by molar-refractivity contribution is 5.26. The topological polar surface area (TPSA) is 77.9 Å². The van der Waals surface area contributed by atoms with E-state index in [1.807, 2.05) is 6.92 Å². The molecule has 0 radical (unpaired) electrons. The van der Waals surface area contributed by atoms with Gasteiger partial charge in [0, 0.05) is 13.1 Å². The predicted octanol–water partition coefficient (Wildman–Crippen LogP) is -0.203. The van der Waals surface area contributed by atoms with E-state index in [0.717, 1.165) is 31.9 Å². The molecule has 0 amide bonds. The van der Waals surface area contributed by atoms with Gasteiger partial charge >= 0.3 is 0 Å².